The lowest BCUT2D eigenvalue weighted by molar-refractivity contribution is -0.136. The van der Waals surface area contributed by atoms with E-state index in [1.54, 1.807) is 17.0 Å². The lowest BCUT2D eigenvalue weighted by Gasteiger charge is -2.38. The SMILES string of the molecule is CC(C)[C@H](N)C(=O)N1CCN(C(C)C(=O)Nc2cccc(F)c2)CC1. The van der Waals surface area contributed by atoms with E-state index in [0.29, 0.717) is 31.9 Å². The molecule has 1 heterocycles. The lowest BCUT2D eigenvalue weighted by atomic mass is 10.0. The van der Waals surface area contributed by atoms with Gasteiger partial charge in [-0.1, -0.05) is 19.9 Å². The fourth-order valence-electron chi connectivity index (χ4n) is 2.80. The monoisotopic (exact) mass is 350 g/mol. The predicted molar refractivity (Wildman–Crippen MR) is 95.5 cm³/mol. The molecule has 1 fully saturated rings. The Bertz CT molecular complexity index is 615. The van der Waals surface area contributed by atoms with Crippen LogP contribution in [0.25, 0.3) is 0 Å². The van der Waals surface area contributed by atoms with Crippen molar-refractivity contribution in [2.75, 3.05) is 31.5 Å². The van der Waals surface area contributed by atoms with Gasteiger partial charge in [-0.25, -0.2) is 4.39 Å². The highest BCUT2D eigenvalue weighted by Gasteiger charge is 2.30. The minimum atomic E-state index is -0.486. The largest absolute Gasteiger partial charge is 0.339 e. The number of halogens is 1. The van der Waals surface area contributed by atoms with E-state index in [-0.39, 0.29) is 29.6 Å². The average molecular weight is 350 g/mol. The summed E-state index contributed by atoms with van der Waals surface area (Å²) in [6.45, 7) is 7.98. The molecule has 0 aliphatic carbocycles. The number of hydrogen-bond acceptors (Lipinski definition) is 4. The van der Waals surface area contributed by atoms with E-state index in [2.05, 4.69) is 5.32 Å². The number of rotatable bonds is 5. The molecule has 2 rings (SSSR count). The Morgan fingerprint density at radius 3 is 2.36 bits per heavy atom. The second-order valence-corrected chi connectivity index (χ2v) is 6.81. The van der Waals surface area contributed by atoms with Crippen molar-refractivity contribution in [3.05, 3.63) is 30.1 Å². The van der Waals surface area contributed by atoms with Crippen LogP contribution < -0.4 is 11.1 Å². The van der Waals surface area contributed by atoms with Crippen molar-refractivity contribution < 1.29 is 14.0 Å². The lowest BCUT2D eigenvalue weighted by Crippen LogP contribution is -2.57. The Balaban J connectivity index is 1.87. The molecule has 1 aliphatic heterocycles. The van der Waals surface area contributed by atoms with Gasteiger partial charge >= 0.3 is 0 Å². The van der Waals surface area contributed by atoms with Gasteiger partial charge in [0, 0.05) is 31.9 Å². The van der Waals surface area contributed by atoms with Crippen LogP contribution in [0.3, 0.4) is 0 Å². The van der Waals surface area contributed by atoms with Gasteiger partial charge in [0.05, 0.1) is 12.1 Å². The third-order valence-corrected chi connectivity index (χ3v) is 4.65. The van der Waals surface area contributed by atoms with Crippen molar-refractivity contribution in [3.8, 4) is 0 Å². The Morgan fingerprint density at radius 2 is 1.80 bits per heavy atom. The number of piperazine rings is 1. The van der Waals surface area contributed by atoms with Crippen LogP contribution in [0, 0.1) is 11.7 Å². The molecule has 7 heteroatoms. The van der Waals surface area contributed by atoms with E-state index >= 15 is 0 Å². The van der Waals surface area contributed by atoms with Gasteiger partial charge in [-0.05, 0) is 31.0 Å². The minimum absolute atomic E-state index is 0.0356. The molecular formula is C18H27FN4O2. The number of nitrogens with one attached hydrogen (secondary N) is 1. The van der Waals surface area contributed by atoms with Crippen LogP contribution in [0.1, 0.15) is 20.8 Å². The fraction of sp³-hybridized carbons (Fsp3) is 0.556. The van der Waals surface area contributed by atoms with Crippen LogP contribution in [-0.4, -0.2) is 59.9 Å². The molecule has 3 N–H and O–H groups in total. The first-order valence-electron chi connectivity index (χ1n) is 8.64. The maximum atomic E-state index is 13.2. The number of anilines is 1. The van der Waals surface area contributed by atoms with Gasteiger partial charge in [0.1, 0.15) is 5.82 Å². The van der Waals surface area contributed by atoms with Crippen LogP contribution in [0.2, 0.25) is 0 Å². The number of carbonyl (C=O) groups excluding carboxylic acids is 2. The summed E-state index contributed by atoms with van der Waals surface area (Å²) >= 11 is 0. The third kappa shape index (κ3) is 4.99. The molecule has 0 saturated carbocycles. The minimum Gasteiger partial charge on any atom is -0.339 e. The van der Waals surface area contributed by atoms with Crippen molar-refractivity contribution in [1.82, 2.24) is 9.80 Å². The Hall–Kier alpha value is -1.99. The molecule has 2 amide bonds. The summed E-state index contributed by atoms with van der Waals surface area (Å²) in [5, 5.41) is 2.73. The van der Waals surface area contributed by atoms with E-state index in [0.717, 1.165) is 0 Å². The summed E-state index contributed by atoms with van der Waals surface area (Å²) in [4.78, 5) is 28.4. The number of hydrogen-bond donors (Lipinski definition) is 2. The molecule has 2 atom stereocenters. The topological polar surface area (TPSA) is 78.7 Å². The van der Waals surface area contributed by atoms with Crippen molar-refractivity contribution in [3.63, 3.8) is 0 Å². The zero-order valence-corrected chi connectivity index (χ0v) is 15.0. The molecule has 1 unspecified atom stereocenters. The van der Waals surface area contributed by atoms with Crippen molar-refractivity contribution >= 4 is 17.5 Å². The Kier molecular flexibility index (Phi) is 6.50. The van der Waals surface area contributed by atoms with E-state index in [1.807, 2.05) is 25.7 Å². The molecule has 1 aromatic carbocycles. The number of nitrogens with zero attached hydrogens (tertiary/aromatic N) is 2. The molecule has 1 aromatic rings. The summed E-state index contributed by atoms with van der Waals surface area (Å²) in [6.07, 6.45) is 0. The molecule has 0 radical (unpaired) electrons. The van der Waals surface area contributed by atoms with Gasteiger partial charge < -0.3 is 16.0 Å². The summed E-state index contributed by atoms with van der Waals surface area (Å²) in [7, 11) is 0. The highest BCUT2D eigenvalue weighted by Crippen LogP contribution is 2.13. The Labute approximate surface area is 148 Å². The normalized spacial score (nSPS) is 18.1. The van der Waals surface area contributed by atoms with Crippen molar-refractivity contribution in [2.24, 2.45) is 11.7 Å². The molecule has 0 aromatic heterocycles. The molecule has 138 valence electrons. The van der Waals surface area contributed by atoms with E-state index in [4.69, 9.17) is 5.73 Å². The van der Waals surface area contributed by atoms with Gasteiger partial charge in [-0.3, -0.25) is 14.5 Å². The van der Waals surface area contributed by atoms with Gasteiger partial charge in [-0.2, -0.15) is 0 Å². The van der Waals surface area contributed by atoms with Crippen LogP contribution >= 0.6 is 0 Å². The van der Waals surface area contributed by atoms with E-state index in [9.17, 15) is 14.0 Å². The van der Waals surface area contributed by atoms with Crippen LogP contribution in [0.5, 0.6) is 0 Å². The summed E-state index contributed by atoms with van der Waals surface area (Å²) in [5.41, 5.74) is 6.37. The number of nitrogens with two attached hydrogens (primary N) is 1. The molecule has 1 saturated heterocycles. The quantitative estimate of drug-likeness (QED) is 0.838. The molecule has 1 aliphatic rings. The van der Waals surface area contributed by atoms with E-state index < -0.39 is 6.04 Å². The predicted octanol–water partition coefficient (Wildman–Crippen LogP) is 1.28. The highest BCUT2D eigenvalue weighted by molar-refractivity contribution is 5.94. The Morgan fingerprint density at radius 1 is 1.16 bits per heavy atom. The first-order valence-corrected chi connectivity index (χ1v) is 8.64. The van der Waals surface area contributed by atoms with Crippen LogP contribution in [-0.2, 0) is 9.59 Å². The number of carbonyl (C=O) groups is 2. The maximum absolute atomic E-state index is 13.2. The highest BCUT2D eigenvalue weighted by atomic mass is 19.1. The molecule has 0 spiro atoms. The molecule has 25 heavy (non-hydrogen) atoms. The van der Waals surface area contributed by atoms with E-state index in [1.165, 1.54) is 12.1 Å². The van der Waals surface area contributed by atoms with Crippen molar-refractivity contribution in [1.29, 1.82) is 0 Å². The van der Waals surface area contributed by atoms with Gasteiger partial charge in [-0.15, -0.1) is 0 Å². The molecule has 0 bridgehead atoms. The fourth-order valence-corrected chi connectivity index (χ4v) is 2.80. The number of benzene rings is 1. The molecular weight excluding hydrogens is 323 g/mol. The third-order valence-electron chi connectivity index (χ3n) is 4.65. The summed E-state index contributed by atoms with van der Waals surface area (Å²) < 4.78 is 13.2. The van der Waals surface area contributed by atoms with Crippen LogP contribution in [0.4, 0.5) is 10.1 Å². The summed E-state index contributed by atoms with van der Waals surface area (Å²) in [5.74, 6) is -0.517. The summed E-state index contributed by atoms with van der Waals surface area (Å²) in [6, 6.07) is 4.97. The standard InChI is InChI=1S/C18H27FN4O2/c1-12(2)16(20)18(25)23-9-7-22(8-10-23)13(3)17(24)21-15-6-4-5-14(19)11-15/h4-6,11-13,16H,7-10,20H2,1-3H3,(H,21,24)/t13?,16-/m0/s1. The second-order valence-electron chi connectivity index (χ2n) is 6.81. The van der Waals surface area contributed by atoms with Gasteiger partial charge in [0.2, 0.25) is 11.8 Å². The molecule has 6 nitrogen and oxygen atoms in total. The van der Waals surface area contributed by atoms with Crippen LogP contribution in [0.15, 0.2) is 24.3 Å². The zero-order chi connectivity index (χ0) is 18.6. The van der Waals surface area contributed by atoms with Gasteiger partial charge in [0.25, 0.3) is 0 Å². The van der Waals surface area contributed by atoms with Crippen molar-refractivity contribution in [2.45, 2.75) is 32.9 Å². The van der Waals surface area contributed by atoms with Gasteiger partial charge in [0.15, 0.2) is 0 Å². The number of amides is 2. The zero-order valence-electron chi connectivity index (χ0n) is 15.0. The maximum Gasteiger partial charge on any atom is 0.241 e. The first kappa shape index (κ1) is 19.3. The first-order chi connectivity index (χ1) is 11.8. The second kappa shape index (κ2) is 8.40. The average Bonchev–Trinajstić information content (AvgIpc) is 2.59. The smallest absolute Gasteiger partial charge is 0.241 e.